The highest BCUT2D eigenvalue weighted by molar-refractivity contribution is 6.30. The quantitative estimate of drug-likeness (QED) is 0.568. The van der Waals surface area contributed by atoms with E-state index < -0.39 is 0 Å². The maximum absolute atomic E-state index is 5.84. The van der Waals surface area contributed by atoms with E-state index in [1.165, 1.54) is 25.7 Å². The summed E-state index contributed by atoms with van der Waals surface area (Å²) in [6.45, 7) is 4.30. The first-order valence-electron chi connectivity index (χ1n) is 6.35. The predicted octanol–water partition coefficient (Wildman–Crippen LogP) is 4.66. The van der Waals surface area contributed by atoms with Crippen LogP contribution in [0.1, 0.15) is 46.0 Å². The average Bonchev–Trinajstić information content (AvgIpc) is 2.28. The molecule has 0 spiro atoms. The van der Waals surface area contributed by atoms with Gasteiger partial charge in [0.25, 0.3) is 0 Å². The minimum Gasteiger partial charge on any atom is -0.489 e. The summed E-state index contributed by atoms with van der Waals surface area (Å²) in [4.78, 5) is 0. The predicted molar refractivity (Wildman–Crippen MR) is 74.7 cm³/mol. The molecule has 1 aromatic rings. The van der Waals surface area contributed by atoms with Gasteiger partial charge in [0.1, 0.15) is 5.75 Å². The molecule has 0 saturated carbocycles. The second kappa shape index (κ2) is 7.44. The fourth-order valence-electron chi connectivity index (χ4n) is 1.76. The van der Waals surface area contributed by atoms with Gasteiger partial charge in [-0.05, 0) is 38.0 Å². The first-order chi connectivity index (χ1) is 8.13. The number of nitrogen functional groups attached to an aromatic ring is 1. The molecule has 1 aromatic carbocycles. The second-order valence-electron chi connectivity index (χ2n) is 4.46. The van der Waals surface area contributed by atoms with Crippen molar-refractivity contribution in [2.45, 2.75) is 52.1 Å². The lowest BCUT2D eigenvalue weighted by molar-refractivity contribution is 0.207. The van der Waals surface area contributed by atoms with E-state index in [1.807, 2.05) is 6.07 Å². The molecule has 1 unspecified atom stereocenters. The Morgan fingerprint density at radius 3 is 2.71 bits per heavy atom. The van der Waals surface area contributed by atoms with Crippen molar-refractivity contribution in [3.63, 3.8) is 0 Å². The second-order valence-corrected chi connectivity index (χ2v) is 4.90. The average molecular weight is 256 g/mol. The molecule has 0 aliphatic rings. The number of hydrogen-bond acceptors (Lipinski definition) is 2. The molecule has 3 heteroatoms. The van der Waals surface area contributed by atoms with E-state index in [1.54, 1.807) is 12.1 Å². The van der Waals surface area contributed by atoms with Gasteiger partial charge in [-0.2, -0.15) is 0 Å². The molecule has 0 heterocycles. The molecule has 2 N–H and O–H groups in total. The SMILES string of the molecule is CCCCCCC(C)Oc1ccc(Cl)cc1N. The molecule has 0 aliphatic heterocycles. The molecular formula is C14H22ClNO. The van der Waals surface area contributed by atoms with Crippen molar-refractivity contribution >= 4 is 17.3 Å². The number of rotatable bonds is 7. The van der Waals surface area contributed by atoms with Crippen LogP contribution in [0.25, 0.3) is 0 Å². The minimum absolute atomic E-state index is 0.204. The van der Waals surface area contributed by atoms with Gasteiger partial charge in [-0.25, -0.2) is 0 Å². The number of halogens is 1. The first-order valence-corrected chi connectivity index (χ1v) is 6.73. The summed E-state index contributed by atoms with van der Waals surface area (Å²) in [5.74, 6) is 0.734. The molecule has 0 amide bonds. The molecular weight excluding hydrogens is 234 g/mol. The smallest absolute Gasteiger partial charge is 0.142 e. The van der Waals surface area contributed by atoms with Crippen LogP contribution in [0.15, 0.2) is 18.2 Å². The van der Waals surface area contributed by atoms with Crippen LogP contribution in [-0.4, -0.2) is 6.10 Å². The lowest BCUT2D eigenvalue weighted by Crippen LogP contribution is -2.12. The van der Waals surface area contributed by atoms with Gasteiger partial charge in [0.05, 0.1) is 11.8 Å². The maximum atomic E-state index is 5.84. The lowest BCUT2D eigenvalue weighted by Gasteiger charge is -2.16. The van der Waals surface area contributed by atoms with Gasteiger partial charge in [0, 0.05) is 5.02 Å². The highest BCUT2D eigenvalue weighted by atomic mass is 35.5. The zero-order valence-corrected chi connectivity index (χ0v) is 11.5. The molecule has 17 heavy (non-hydrogen) atoms. The van der Waals surface area contributed by atoms with Crippen LogP contribution in [0.3, 0.4) is 0 Å². The van der Waals surface area contributed by atoms with Gasteiger partial charge in [-0.3, -0.25) is 0 Å². The van der Waals surface area contributed by atoms with E-state index in [2.05, 4.69) is 13.8 Å². The topological polar surface area (TPSA) is 35.2 Å². The molecule has 96 valence electrons. The van der Waals surface area contributed by atoms with E-state index in [0.717, 1.165) is 12.2 Å². The van der Waals surface area contributed by atoms with E-state index in [-0.39, 0.29) is 6.10 Å². The van der Waals surface area contributed by atoms with Crippen molar-refractivity contribution in [1.29, 1.82) is 0 Å². The Balaban J connectivity index is 2.37. The molecule has 2 nitrogen and oxygen atoms in total. The minimum atomic E-state index is 0.204. The summed E-state index contributed by atoms with van der Waals surface area (Å²) in [6, 6.07) is 5.36. The van der Waals surface area contributed by atoms with Crippen molar-refractivity contribution in [2.24, 2.45) is 0 Å². The maximum Gasteiger partial charge on any atom is 0.142 e. The zero-order valence-electron chi connectivity index (χ0n) is 10.7. The van der Waals surface area contributed by atoms with Crippen molar-refractivity contribution in [1.82, 2.24) is 0 Å². The van der Waals surface area contributed by atoms with Crippen LogP contribution in [0, 0.1) is 0 Å². The van der Waals surface area contributed by atoms with Crippen molar-refractivity contribution in [3.05, 3.63) is 23.2 Å². The summed E-state index contributed by atoms with van der Waals surface area (Å²) in [5.41, 5.74) is 6.45. The third kappa shape index (κ3) is 5.31. The van der Waals surface area contributed by atoms with Crippen molar-refractivity contribution in [2.75, 3.05) is 5.73 Å². The number of unbranched alkanes of at least 4 members (excludes halogenated alkanes) is 3. The van der Waals surface area contributed by atoms with E-state index in [4.69, 9.17) is 22.1 Å². The highest BCUT2D eigenvalue weighted by Gasteiger charge is 2.07. The Labute approximate surface area is 109 Å². The molecule has 0 aromatic heterocycles. The van der Waals surface area contributed by atoms with E-state index >= 15 is 0 Å². The van der Waals surface area contributed by atoms with Gasteiger partial charge < -0.3 is 10.5 Å². The van der Waals surface area contributed by atoms with Crippen LogP contribution in [0.4, 0.5) is 5.69 Å². The number of nitrogens with two attached hydrogens (primary N) is 1. The summed E-state index contributed by atoms with van der Waals surface area (Å²) in [6.07, 6.45) is 6.33. The Morgan fingerprint density at radius 2 is 2.06 bits per heavy atom. The van der Waals surface area contributed by atoms with Crippen LogP contribution in [-0.2, 0) is 0 Å². The number of ether oxygens (including phenoxy) is 1. The van der Waals surface area contributed by atoms with Gasteiger partial charge in [0.2, 0.25) is 0 Å². The fraction of sp³-hybridized carbons (Fsp3) is 0.571. The molecule has 0 fully saturated rings. The van der Waals surface area contributed by atoms with Gasteiger partial charge in [-0.15, -0.1) is 0 Å². The highest BCUT2D eigenvalue weighted by Crippen LogP contribution is 2.26. The Bertz CT molecular complexity index is 341. The van der Waals surface area contributed by atoms with Crippen LogP contribution < -0.4 is 10.5 Å². The Kier molecular flexibility index (Phi) is 6.20. The third-order valence-corrected chi connectivity index (χ3v) is 3.00. The molecule has 0 radical (unpaired) electrons. The molecule has 0 bridgehead atoms. The summed E-state index contributed by atoms with van der Waals surface area (Å²) >= 11 is 5.84. The standard InChI is InChI=1S/C14H22ClNO/c1-3-4-5-6-7-11(2)17-14-9-8-12(15)10-13(14)16/h8-11H,3-7,16H2,1-2H3. The van der Waals surface area contributed by atoms with E-state index in [0.29, 0.717) is 10.7 Å². The Hall–Kier alpha value is -0.890. The van der Waals surface area contributed by atoms with Gasteiger partial charge >= 0.3 is 0 Å². The number of anilines is 1. The van der Waals surface area contributed by atoms with Crippen molar-refractivity contribution < 1.29 is 4.74 Å². The fourth-order valence-corrected chi connectivity index (χ4v) is 1.94. The van der Waals surface area contributed by atoms with Gasteiger partial charge in [-0.1, -0.05) is 37.8 Å². The molecule has 0 saturated heterocycles. The molecule has 1 atom stereocenters. The largest absolute Gasteiger partial charge is 0.489 e. The number of hydrogen-bond donors (Lipinski definition) is 1. The summed E-state index contributed by atoms with van der Waals surface area (Å²) in [7, 11) is 0. The molecule has 0 aliphatic carbocycles. The monoisotopic (exact) mass is 255 g/mol. The third-order valence-electron chi connectivity index (χ3n) is 2.76. The lowest BCUT2D eigenvalue weighted by atomic mass is 10.1. The summed E-state index contributed by atoms with van der Waals surface area (Å²) < 4.78 is 5.80. The van der Waals surface area contributed by atoms with Gasteiger partial charge in [0.15, 0.2) is 0 Å². The zero-order chi connectivity index (χ0) is 12.7. The Morgan fingerprint density at radius 1 is 1.29 bits per heavy atom. The van der Waals surface area contributed by atoms with Crippen molar-refractivity contribution in [3.8, 4) is 5.75 Å². The van der Waals surface area contributed by atoms with Crippen LogP contribution in [0.2, 0.25) is 5.02 Å². The number of benzene rings is 1. The summed E-state index contributed by atoms with van der Waals surface area (Å²) in [5, 5.41) is 0.644. The van der Waals surface area contributed by atoms with E-state index in [9.17, 15) is 0 Å². The van der Waals surface area contributed by atoms with Crippen LogP contribution in [0.5, 0.6) is 5.75 Å². The first kappa shape index (κ1) is 14.2. The van der Waals surface area contributed by atoms with Crippen LogP contribution >= 0.6 is 11.6 Å². The normalized spacial score (nSPS) is 12.4. The molecule has 1 rings (SSSR count).